The van der Waals surface area contributed by atoms with Gasteiger partial charge in [0.1, 0.15) is 0 Å². The molecule has 7 heteroatoms. The predicted molar refractivity (Wildman–Crippen MR) is 96.5 cm³/mol. The molecule has 1 N–H and O–H groups in total. The van der Waals surface area contributed by atoms with Crippen LogP contribution in [0.4, 0.5) is 4.39 Å². The number of carboxylic acid groups (broad SMARTS) is 1. The molecule has 0 fully saturated rings. The SMILES string of the molecule is O=C(O)c1ccc(OC(c2cncc(Cl)c2)c2ccccc2Cl)c(F)c1. The quantitative estimate of drug-likeness (QED) is 0.632. The van der Waals surface area contributed by atoms with Crippen LogP contribution in [-0.2, 0) is 0 Å². The molecule has 26 heavy (non-hydrogen) atoms. The fourth-order valence-corrected chi connectivity index (χ4v) is 2.84. The van der Waals surface area contributed by atoms with Crippen LogP contribution in [-0.4, -0.2) is 16.1 Å². The van der Waals surface area contributed by atoms with Gasteiger partial charge in [0.05, 0.1) is 10.6 Å². The van der Waals surface area contributed by atoms with Crippen molar-refractivity contribution in [3.8, 4) is 5.75 Å². The van der Waals surface area contributed by atoms with Crippen LogP contribution in [0, 0.1) is 5.82 Å². The molecule has 1 unspecified atom stereocenters. The van der Waals surface area contributed by atoms with Crippen molar-refractivity contribution in [2.24, 2.45) is 0 Å². The van der Waals surface area contributed by atoms with E-state index in [1.165, 1.54) is 18.3 Å². The zero-order valence-corrected chi connectivity index (χ0v) is 14.7. The molecule has 1 aromatic heterocycles. The second-order valence-electron chi connectivity index (χ2n) is 5.41. The van der Waals surface area contributed by atoms with Crippen molar-refractivity contribution >= 4 is 29.2 Å². The summed E-state index contributed by atoms with van der Waals surface area (Å²) in [6, 6.07) is 12.1. The maximum Gasteiger partial charge on any atom is 0.335 e. The van der Waals surface area contributed by atoms with Gasteiger partial charge in [-0.25, -0.2) is 9.18 Å². The van der Waals surface area contributed by atoms with E-state index in [4.69, 9.17) is 33.0 Å². The van der Waals surface area contributed by atoms with Crippen molar-refractivity contribution in [2.75, 3.05) is 0 Å². The Morgan fingerprint density at radius 2 is 1.88 bits per heavy atom. The van der Waals surface area contributed by atoms with Gasteiger partial charge in [-0.2, -0.15) is 0 Å². The van der Waals surface area contributed by atoms with E-state index < -0.39 is 17.9 Å². The molecule has 0 amide bonds. The molecule has 0 bridgehead atoms. The molecule has 3 rings (SSSR count). The highest BCUT2D eigenvalue weighted by molar-refractivity contribution is 6.31. The molecule has 132 valence electrons. The van der Waals surface area contributed by atoms with Gasteiger partial charge in [0.25, 0.3) is 0 Å². The minimum atomic E-state index is -1.22. The van der Waals surface area contributed by atoms with Crippen LogP contribution in [0.2, 0.25) is 10.0 Å². The van der Waals surface area contributed by atoms with Crippen LogP contribution in [0.5, 0.6) is 5.75 Å². The Balaban J connectivity index is 2.05. The molecule has 0 saturated heterocycles. The highest BCUT2D eigenvalue weighted by Crippen LogP contribution is 2.34. The maximum atomic E-state index is 14.3. The van der Waals surface area contributed by atoms with E-state index in [2.05, 4.69) is 4.98 Å². The zero-order valence-electron chi connectivity index (χ0n) is 13.2. The fraction of sp³-hybridized carbons (Fsp3) is 0.0526. The Morgan fingerprint density at radius 3 is 2.54 bits per heavy atom. The molecule has 0 spiro atoms. The van der Waals surface area contributed by atoms with E-state index in [9.17, 15) is 9.18 Å². The van der Waals surface area contributed by atoms with Gasteiger partial charge in [0, 0.05) is 28.5 Å². The molecular formula is C19H12Cl2FNO3. The number of nitrogens with zero attached hydrogens (tertiary/aromatic N) is 1. The van der Waals surface area contributed by atoms with Gasteiger partial charge < -0.3 is 9.84 Å². The Morgan fingerprint density at radius 1 is 1.12 bits per heavy atom. The first-order valence-electron chi connectivity index (χ1n) is 7.50. The first-order chi connectivity index (χ1) is 12.5. The number of pyridine rings is 1. The number of carboxylic acids is 1. The topological polar surface area (TPSA) is 59.4 Å². The van der Waals surface area contributed by atoms with Gasteiger partial charge in [-0.15, -0.1) is 0 Å². The van der Waals surface area contributed by atoms with Crippen LogP contribution >= 0.6 is 23.2 Å². The van der Waals surface area contributed by atoms with Gasteiger partial charge in [-0.3, -0.25) is 4.98 Å². The normalized spacial score (nSPS) is 11.8. The van der Waals surface area contributed by atoms with Crippen molar-refractivity contribution < 1.29 is 19.0 Å². The average Bonchev–Trinajstić information content (AvgIpc) is 2.61. The highest BCUT2D eigenvalue weighted by atomic mass is 35.5. The standard InChI is InChI=1S/C19H12Cl2FNO3/c20-13-7-12(9-23-10-13)18(14-3-1-2-4-15(14)21)26-17-6-5-11(19(24)25)8-16(17)22/h1-10,18H,(H,24,25). The van der Waals surface area contributed by atoms with Crippen LogP contribution in [0.15, 0.2) is 60.9 Å². The third-order valence-corrected chi connectivity index (χ3v) is 4.19. The lowest BCUT2D eigenvalue weighted by Gasteiger charge is -2.21. The van der Waals surface area contributed by atoms with Gasteiger partial charge >= 0.3 is 5.97 Å². The van der Waals surface area contributed by atoms with E-state index in [0.717, 1.165) is 6.07 Å². The summed E-state index contributed by atoms with van der Waals surface area (Å²) in [4.78, 5) is 15.0. The van der Waals surface area contributed by atoms with Crippen molar-refractivity contribution in [2.45, 2.75) is 6.10 Å². The van der Waals surface area contributed by atoms with E-state index in [-0.39, 0.29) is 11.3 Å². The van der Waals surface area contributed by atoms with Gasteiger partial charge in [0.2, 0.25) is 0 Å². The largest absolute Gasteiger partial charge is 0.478 e. The van der Waals surface area contributed by atoms with Gasteiger partial charge in [0.15, 0.2) is 17.7 Å². The molecule has 0 radical (unpaired) electrons. The van der Waals surface area contributed by atoms with Crippen molar-refractivity contribution in [1.29, 1.82) is 0 Å². The third kappa shape index (κ3) is 3.95. The summed E-state index contributed by atoms with van der Waals surface area (Å²) in [5.74, 6) is -2.13. The summed E-state index contributed by atoms with van der Waals surface area (Å²) in [5, 5.41) is 9.78. The smallest absolute Gasteiger partial charge is 0.335 e. The fourth-order valence-electron chi connectivity index (χ4n) is 2.43. The summed E-state index contributed by atoms with van der Waals surface area (Å²) in [6.07, 6.45) is 2.24. The Hall–Kier alpha value is -2.63. The maximum absolute atomic E-state index is 14.3. The first kappa shape index (κ1) is 18.2. The molecule has 0 aliphatic heterocycles. The number of halogens is 3. The van der Waals surface area contributed by atoms with Crippen LogP contribution in [0.25, 0.3) is 0 Å². The number of carbonyl (C=O) groups is 1. The molecule has 1 atom stereocenters. The number of hydrogen-bond acceptors (Lipinski definition) is 3. The minimum Gasteiger partial charge on any atom is -0.478 e. The van der Waals surface area contributed by atoms with Gasteiger partial charge in [-0.05, 0) is 30.3 Å². The van der Waals surface area contributed by atoms with Gasteiger partial charge in [-0.1, -0.05) is 41.4 Å². The second kappa shape index (κ2) is 7.72. The van der Waals surface area contributed by atoms with Crippen LogP contribution in [0.1, 0.15) is 27.6 Å². The number of hydrogen-bond donors (Lipinski definition) is 1. The number of rotatable bonds is 5. The average molecular weight is 392 g/mol. The van der Waals surface area contributed by atoms with E-state index in [0.29, 0.717) is 21.2 Å². The summed E-state index contributed by atoms with van der Waals surface area (Å²) in [5.41, 5.74) is 1.00. The first-order valence-corrected chi connectivity index (χ1v) is 8.25. The molecule has 0 aliphatic carbocycles. The summed E-state index contributed by atoms with van der Waals surface area (Å²) < 4.78 is 20.2. The Kier molecular flexibility index (Phi) is 5.40. The molecule has 1 heterocycles. The molecular weight excluding hydrogens is 380 g/mol. The van der Waals surface area contributed by atoms with Crippen molar-refractivity contribution in [3.63, 3.8) is 0 Å². The molecule has 2 aromatic carbocycles. The number of ether oxygens (including phenoxy) is 1. The van der Waals surface area contributed by atoms with E-state index >= 15 is 0 Å². The predicted octanol–water partition coefficient (Wildman–Crippen LogP) is 5.39. The van der Waals surface area contributed by atoms with Crippen molar-refractivity contribution in [3.05, 3.63) is 93.5 Å². The Labute approximate surface area is 158 Å². The van der Waals surface area contributed by atoms with Crippen LogP contribution in [0.3, 0.4) is 0 Å². The van der Waals surface area contributed by atoms with Crippen LogP contribution < -0.4 is 4.74 Å². The third-order valence-electron chi connectivity index (χ3n) is 3.64. The molecule has 0 saturated carbocycles. The number of aromatic carboxylic acids is 1. The molecule has 4 nitrogen and oxygen atoms in total. The second-order valence-corrected chi connectivity index (χ2v) is 6.25. The lowest BCUT2D eigenvalue weighted by atomic mass is 10.0. The zero-order chi connectivity index (χ0) is 18.7. The summed E-state index contributed by atoms with van der Waals surface area (Å²) in [6.45, 7) is 0. The van der Waals surface area contributed by atoms with E-state index in [1.54, 1.807) is 36.5 Å². The molecule has 0 aliphatic rings. The Bertz CT molecular complexity index is 965. The lowest BCUT2D eigenvalue weighted by molar-refractivity contribution is 0.0696. The summed E-state index contributed by atoms with van der Waals surface area (Å²) >= 11 is 12.3. The summed E-state index contributed by atoms with van der Waals surface area (Å²) in [7, 11) is 0. The molecule has 3 aromatic rings. The van der Waals surface area contributed by atoms with E-state index in [1.807, 2.05) is 0 Å². The highest BCUT2D eigenvalue weighted by Gasteiger charge is 2.22. The van der Waals surface area contributed by atoms with Crippen molar-refractivity contribution in [1.82, 2.24) is 4.98 Å². The monoisotopic (exact) mass is 391 g/mol. The number of benzene rings is 2. The lowest BCUT2D eigenvalue weighted by Crippen LogP contribution is -2.12. The number of aromatic nitrogens is 1. The minimum absolute atomic E-state index is 0.111.